The van der Waals surface area contributed by atoms with E-state index in [1.165, 1.54) is 0 Å². The first-order valence-electron chi connectivity index (χ1n) is 6.21. The molecule has 1 unspecified atom stereocenters. The molecule has 3 nitrogen and oxygen atoms in total. The van der Waals surface area contributed by atoms with Crippen molar-refractivity contribution in [1.82, 2.24) is 9.97 Å². The van der Waals surface area contributed by atoms with Crippen molar-refractivity contribution in [2.45, 2.75) is 57.6 Å². The van der Waals surface area contributed by atoms with Gasteiger partial charge in [-0.1, -0.05) is 20.8 Å². The van der Waals surface area contributed by atoms with Crippen LogP contribution in [0.25, 0.3) is 0 Å². The van der Waals surface area contributed by atoms with Crippen LogP contribution in [0.2, 0.25) is 0 Å². The Hall–Kier alpha value is -0.610. The standard InChI is InChI=1S/C13H23N3S/c1-5-11(14)7-12-6-10(4)15-13(16-12)8-17-9(2)3/h6,9,11H,5,7-8,14H2,1-4H3. The molecule has 1 aromatic heterocycles. The van der Waals surface area contributed by atoms with E-state index in [-0.39, 0.29) is 6.04 Å². The zero-order chi connectivity index (χ0) is 12.8. The van der Waals surface area contributed by atoms with E-state index in [2.05, 4.69) is 30.7 Å². The first-order chi connectivity index (χ1) is 8.01. The van der Waals surface area contributed by atoms with E-state index in [9.17, 15) is 0 Å². The molecule has 1 heterocycles. The minimum Gasteiger partial charge on any atom is -0.327 e. The third kappa shape index (κ3) is 5.50. The minimum atomic E-state index is 0.204. The molecule has 0 amide bonds. The quantitative estimate of drug-likeness (QED) is 0.847. The molecule has 0 aliphatic carbocycles. The lowest BCUT2D eigenvalue weighted by Gasteiger charge is -2.10. The minimum absolute atomic E-state index is 0.204. The lowest BCUT2D eigenvalue weighted by Crippen LogP contribution is -2.22. The van der Waals surface area contributed by atoms with Crippen LogP contribution < -0.4 is 5.73 Å². The Morgan fingerprint density at radius 2 is 2.06 bits per heavy atom. The van der Waals surface area contributed by atoms with Gasteiger partial charge in [-0.15, -0.1) is 0 Å². The summed E-state index contributed by atoms with van der Waals surface area (Å²) in [6.07, 6.45) is 1.83. The lowest BCUT2D eigenvalue weighted by atomic mass is 10.1. The van der Waals surface area contributed by atoms with Gasteiger partial charge in [0.1, 0.15) is 5.82 Å². The number of hydrogen-bond acceptors (Lipinski definition) is 4. The van der Waals surface area contributed by atoms with Crippen LogP contribution in [0.5, 0.6) is 0 Å². The first-order valence-corrected chi connectivity index (χ1v) is 7.26. The molecule has 0 aliphatic rings. The van der Waals surface area contributed by atoms with Crippen LogP contribution in [0.4, 0.5) is 0 Å². The maximum absolute atomic E-state index is 5.96. The number of rotatable bonds is 6. The van der Waals surface area contributed by atoms with Crippen molar-refractivity contribution in [3.05, 3.63) is 23.3 Å². The molecular weight excluding hydrogens is 230 g/mol. The van der Waals surface area contributed by atoms with E-state index in [0.717, 1.165) is 35.8 Å². The van der Waals surface area contributed by atoms with Gasteiger partial charge in [-0.3, -0.25) is 0 Å². The molecule has 1 aromatic rings. The molecule has 2 N–H and O–H groups in total. The molecule has 96 valence electrons. The van der Waals surface area contributed by atoms with Gasteiger partial charge in [-0.05, 0) is 24.7 Å². The zero-order valence-corrected chi connectivity index (χ0v) is 12.0. The molecule has 0 bridgehead atoms. The Morgan fingerprint density at radius 3 is 2.65 bits per heavy atom. The SMILES string of the molecule is CCC(N)Cc1cc(C)nc(CSC(C)C)n1. The van der Waals surface area contributed by atoms with Gasteiger partial charge in [-0.25, -0.2) is 9.97 Å². The van der Waals surface area contributed by atoms with Gasteiger partial charge in [0.15, 0.2) is 0 Å². The molecule has 1 atom stereocenters. The molecule has 17 heavy (non-hydrogen) atoms. The molecule has 0 radical (unpaired) electrons. The molecule has 0 saturated heterocycles. The van der Waals surface area contributed by atoms with E-state index < -0.39 is 0 Å². The summed E-state index contributed by atoms with van der Waals surface area (Å²) in [7, 11) is 0. The zero-order valence-electron chi connectivity index (χ0n) is 11.2. The maximum atomic E-state index is 5.96. The Kier molecular flexibility index (Phi) is 5.92. The average molecular weight is 253 g/mol. The van der Waals surface area contributed by atoms with Crippen LogP contribution in [-0.2, 0) is 12.2 Å². The molecule has 0 aliphatic heterocycles. The Bertz CT molecular complexity index is 353. The summed E-state index contributed by atoms with van der Waals surface area (Å²) in [4.78, 5) is 9.05. The van der Waals surface area contributed by atoms with Gasteiger partial charge in [0.05, 0.1) is 5.75 Å². The highest BCUT2D eigenvalue weighted by atomic mass is 32.2. The summed E-state index contributed by atoms with van der Waals surface area (Å²) < 4.78 is 0. The third-order valence-electron chi connectivity index (χ3n) is 2.50. The molecule has 0 saturated carbocycles. The van der Waals surface area contributed by atoms with E-state index in [1.807, 2.05) is 24.8 Å². The number of thioether (sulfide) groups is 1. The summed E-state index contributed by atoms with van der Waals surface area (Å²) in [6, 6.07) is 2.24. The van der Waals surface area contributed by atoms with Crippen LogP contribution in [0.15, 0.2) is 6.07 Å². The van der Waals surface area contributed by atoms with Gasteiger partial charge >= 0.3 is 0 Å². The van der Waals surface area contributed by atoms with Crippen molar-refractivity contribution in [2.24, 2.45) is 5.73 Å². The van der Waals surface area contributed by atoms with Gasteiger partial charge in [-0.2, -0.15) is 11.8 Å². The molecule has 0 spiro atoms. The van der Waals surface area contributed by atoms with Gasteiger partial charge < -0.3 is 5.73 Å². The lowest BCUT2D eigenvalue weighted by molar-refractivity contribution is 0.633. The highest BCUT2D eigenvalue weighted by Gasteiger charge is 2.07. The largest absolute Gasteiger partial charge is 0.327 e. The van der Waals surface area contributed by atoms with Crippen LogP contribution in [0.3, 0.4) is 0 Å². The van der Waals surface area contributed by atoms with Crippen molar-refractivity contribution < 1.29 is 0 Å². The molecule has 1 rings (SSSR count). The summed E-state index contributed by atoms with van der Waals surface area (Å²) in [5.74, 6) is 1.82. The highest BCUT2D eigenvalue weighted by Crippen LogP contribution is 2.15. The number of aromatic nitrogens is 2. The number of nitrogens with two attached hydrogens (primary N) is 1. The highest BCUT2D eigenvalue weighted by molar-refractivity contribution is 7.99. The molecule has 0 fully saturated rings. The smallest absolute Gasteiger partial charge is 0.138 e. The fourth-order valence-electron chi connectivity index (χ4n) is 1.52. The fraction of sp³-hybridized carbons (Fsp3) is 0.692. The van der Waals surface area contributed by atoms with Crippen LogP contribution >= 0.6 is 11.8 Å². The van der Waals surface area contributed by atoms with E-state index >= 15 is 0 Å². The van der Waals surface area contributed by atoms with Crippen molar-refractivity contribution in [1.29, 1.82) is 0 Å². The van der Waals surface area contributed by atoms with Crippen molar-refractivity contribution in [2.75, 3.05) is 0 Å². The van der Waals surface area contributed by atoms with Crippen molar-refractivity contribution >= 4 is 11.8 Å². The second-order valence-electron chi connectivity index (χ2n) is 4.65. The van der Waals surface area contributed by atoms with Crippen molar-refractivity contribution in [3.63, 3.8) is 0 Å². The Balaban J connectivity index is 2.72. The molecule has 4 heteroatoms. The van der Waals surface area contributed by atoms with Crippen LogP contribution in [0, 0.1) is 6.92 Å². The predicted molar refractivity (Wildman–Crippen MR) is 75.2 cm³/mol. The number of hydrogen-bond donors (Lipinski definition) is 1. The van der Waals surface area contributed by atoms with Gasteiger partial charge in [0, 0.05) is 23.9 Å². The monoisotopic (exact) mass is 253 g/mol. The maximum Gasteiger partial charge on any atom is 0.138 e. The number of nitrogens with zero attached hydrogens (tertiary/aromatic N) is 2. The second-order valence-corrected chi connectivity index (χ2v) is 6.21. The second kappa shape index (κ2) is 6.97. The Morgan fingerprint density at radius 1 is 1.35 bits per heavy atom. The van der Waals surface area contributed by atoms with Crippen molar-refractivity contribution in [3.8, 4) is 0 Å². The van der Waals surface area contributed by atoms with E-state index in [0.29, 0.717) is 5.25 Å². The van der Waals surface area contributed by atoms with Gasteiger partial charge in [0.2, 0.25) is 0 Å². The average Bonchev–Trinajstić information content (AvgIpc) is 2.25. The summed E-state index contributed by atoms with van der Waals surface area (Å²) in [6.45, 7) is 8.50. The Labute approximate surface area is 109 Å². The molecular formula is C13H23N3S. The first kappa shape index (κ1) is 14.5. The molecule has 0 aromatic carbocycles. The van der Waals surface area contributed by atoms with Crippen LogP contribution in [-0.4, -0.2) is 21.3 Å². The third-order valence-corrected chi connectivity index (χ3v) is 3.59. The fourth-order valence-corrected chi connectivity index (χ4v) is 2.13. The topological polar surface area (TPSA) is 51.8 Å². The summed E-state index contributed by atoms with van der Waals surface area (Å²) in [5, 5.41) is 0.612. The normalized spacial score (nSPS) is 13.1. The van der Waals surface area contributed by atoms with Gasteiger partial charge in [0.25, 0.3) is 0 Å². The summed E-state index contributed by atoms with van der Waals surface area (Å²) >= 11 is 1.87. The van der Waals surface area contributed by atoms with E-state index in [4.69, 9.17) is 5.73 Å². The summed E-state index contributed by atoms with van der Waals surface area (Å²) in [5.41, 5.74) is 8.08. The van der Waals surface area contributed by atoms with E-state index in [1.54, 1.807) is 0 Å². The predicted octanol–water partition coefficient (Wildman–Crippen LogP) is 2.71. The number of aryl methyl sites for hydroxylation is 1. The van der Waals surface area contributed by atoms with Crippen LogP contribution in [0.1, 0.15) is 44.4 Å².